The van der Waals surface area contributed by atoms with Gasteiger partial charge >= 0.3 is 0 Å². The van der Waals surface area contributed by atoms with Gasteiger partial charge in [0.15, 0.2) is 11.5 Å². The summed E-state index contributed by atoms with van der Waals surface area (Å²) in [5.41, 5.74) is 2.59. The summed E-state index contributed by atoms with van der Waals surface area (Å²) >= 11 is 6.13. The van der Waals surface area contributed by atoms with Gasteiger partial charge in [0.1, 0.15) is 6.07 Å². The van der Waals surface area contributed by atoms with Crippen LogP contribution in [0.3, 0.4) is 0 Å². The minimum Gasteiger partial charge on any atom is -0.436 e. The van der Waals surface area contributed by atoms with Gasteiger partial charge in [0.2, 0.25) is 5.89 Å². The summed E-state index contributed by atoms with van der Waals surface area (Å²) in [5.74, 6) is 1.11. The number of rotatable bonds is 2. The highest BCUT2D eigenvalue weighted by Gasteiger charge is 2.15. The van der Waals surface area contributed by atoms with Crippen molar-refractivity contribution >= 4 is 11.6 Å². The number of nitrogens with zero attached hydrogens (tertiary/aromatic N) is 3. The molecule has 0 aliphatic carbocycles. The van der Waals surface area contributed by atoms with Crippen molar-refractivity contribution < 1.29 is 4.42 Å². The predicted molar refractivity (Wildman–Crippen MR) is 79.6 cm³/mol. The number of nitriles is 1. The summed E-state index contributed by atoms with van der Waals surface area (Å²) in [6.07, 6.45) is 3.21. The maximum atomic E-state index is 8.92. The van der Waals surface area contributed by atoms with Gasteiger partial charge < -0.3 is 4.42 Å². The summed E-state index contributed by atoms with van der Waals surface area (Å²) in [5, 5.41) is 9.26. The van der Waals surface area contributed by atoms with Crippen LogP contribution >= 0.6 is 11.6 Å². The predicted octanol–water partition coefficient (Wildman–Crippen LogP) is 4.24. The minimum atomic E-state index is 0.209. The largest absolute Gasteiger partial charge is 0.436 e. The Balaban J connectivity index is 2.06. The lowest BCUT2D eigenvalue weighted by Gasteiger charge is -2.04. The van der Waals surface area contributed by atoms with Crippen molar-refractivity contribution in [2.75, 3.05) is 0 Å². The Kier molecular flexibility index (Phi) is 3.43. The first-order chi connectivity index (χ1) is 10.2. The summed E-state index contributed by atoms with van der Waals surface area (Å²) < 4.78 is 5.77. The lowest BCUT2D eigenvalue weighted by Crippen LogP contribution is -1.91. The van der Waals surface area contributed by atoms with E-state index >= 15 is 0 Å². The normalized spacial score (nSPS) is 10.3. The van der Waals surface area contributed by atoms with Crippen LogP contribution in [0, 0.1) is 18.3 Å². The molecule has 0 aliphatic heterocycles. The quantitative estimate of drug-likeness (QED) is 0.709. The number of oxazole rings is 1. The molecule has 0 atom stereocenters. The Morgan fingerprint density at radius 3 is 2.62 bits per heavy atom. The lowest BCUT2D eigenvalue weighted by atomic mass is 10.1. The summed E-state index contributed by atoms with van der Waals surface area (Å²) in [7, 11) is 0. The molecule has 0 saturated heterocycles. The van der Waals surface area contributed by atoms with Crippen LogP contribution in [0.5, 0.6) is 0 Å². The van der Waals surface area contributed by atoms with Crippen molar-refractivity contribution in [2.24, 2.45) is 0 Å². The molecule has 0 aliphatic rings. The maximum absolute atomic E-state index is 8.92. The van der Waals surface area contributed by atoms with E-state index in [9.17, 15) is 0 Å². The van der Waals surface area contributed by atoms with Crippen molar-refractivity contribution in [3.63, 3.8) is 0 Å². The average Bonchev–Trinajstić information content (AvgIpc) is 3.00. The van der Waals surface area contributed by atoms with Crippen LogP contribution in [0.2, 0.25) is 5.02 Å². The molecule has 0 spiro atoms. The van der Waals surface area contributed by atoms with Crippen LogP contribution in [0.1, 0.15) is 11.3 Å². The zero-order valence-corrected chi connectivity index (χ0v) is 11.9. The molecule has 0 saturated carbocycles. The topological polar surface area (TPSA) is 62.7 Å². The van der Waals surface area contributed by atoms with Crippen LogP contribution in [-0.4, -0.2) is 9.97 Å². The van der Waals surface area contributed by atoms with Crippen molar-refractivity contribution in [1.82, 2.24) is 9.97 Å². The molecule has 102 valence electrons. The number of aromatic nitrogens is 2. The molecule has 2 aromatic heterocycles. The maximum Gasteiger partial charge on any atom is 0.226 e. The molecule has 0 N–H and O–H groups in total. The third kappa shape index (κ3) is 2.39. The molecule has 21 heavy (non-hydrogen) atoms. The van der Waals surface area contributed by atoms with Crippen molar-refractivity contribution in [2.45, 2.75) is 6.92 Å². The monoisotopic (exact) mass is 295 g/mol. The molecule has 3 rings (SSSR count). The van der Waals surface area contributed by atoms with E-state index in [2.05, 4.69) is 9.97 Å². The van der Waals surface area contributed by atoms with Gasteiger partial charge in [-0.1, -0.05) is 29.8 Å². The Hall–Kier alpha value is -2.64. The molecular formula is C16H10ClN3O. The van der Waals surface area contributed by atoms with E-state index in [1.54, 1.807) is 12.4 Å². The second-order valence-corrected chi connectivity index (χ2v) is 4.84. The van der Waals surface area contributed by atoms with Gasteiger partial charge in [0, 0.05) is 17.3 Å². The van der Waals surface area contributed by atoms with E-state index in [4.69, 9.17) is 21.3 Å². The number of benzene rings is 1. The standard InChI is InChI=1S/C16H10ClN3O/c1-10-12(8-19-13(7-18)15(10)17)14-9-20-16(21-14)11-5-3-2-4-6-11/h2-6,8-9H,1H3. The first-order valence-electron chi connectivity index (χ1n) is 6.27. The van der Waals surface area contributed by atoms with E-state index in [1.165, 1.54) is 0 Å². The molecule has 5 heteroatoms. The molecular weight excluding hydrogens is 286 g/mol. The minimum absolute atomic E-state index is 0.209. The van der Waals surface area contributed by atoms with Gasteiger partial charge in [0.05, 0.1) is 11.2 Å². The number of hydrogen-bond donors (Lipinski definition) is 0. The Labute approximate surface area is 126 Å². The molecule has 0 fully saturated rings. The molecule has 0 amide bonds. The third-order valence-electron chi connectivity index (χ3n) is 3.16. The first-order valence-corrected chi connectivity index (χ1v) is 6.65. The molecule has 0 radical (unpaired) electrons. The Bertz CT molecular complexity index is 834. The fourth-order valence-electron chi connectivity index (χ4n) is 2.02. The second kappa shape index (κ2) is 5.39. The summed E-state index contributed by atoms with van der Waals surface area (Å²) in [6.45, 7) is 1.82. The van der Waals surface area contributed by atoms with Gasteiger partial charge in [-0.2, -0.15) is 5.26 Å². The van der Waals surface area contributed by atoms with Crippen LogP contribution in [-0.2, 0) is 0 Å². The fourth-order valence-corrected chi connectivity index (χ4v) is 2.21. The Morgan fingerprint density at radius 1 is 1.14 bits per heavy atom. The molecule has 3 aromatic rings. The number of pyridine rings is 1. The Morgan fingerprint density at radius 2 is 1.90 bits per heavy atom. The van der Waals surface area contributed by atoms with Crippen LogP contribution in [0.4, 0.5) is 0 Å². The van der Waals surface area contributed by atoms with Crippen molar-refractivity contribution in [3.05, 3.63) is 59.0 Å². The highest BCUT2D eigenvalue weighted by Crippen LogP contribution is 2.31. The molecule has 1 aromatic carbocycles. The van der Waals surface area contributed by atoms with E-state index in [-0.39, 0.29) is 5.69 Å². The van der Waals surface area contributed by atoms with Crippen molar-refractivity contribution in [3.8, 4) is 28.8 Å². The zero-order chi connectivity index (χ0) is 14.8. The highest BCUT2D eigenvalue weighted by molar-refractivity contribution is 6.32. The van der Waals surface area contributed by atoms with Crippen LogP contribution in [0.25, 0.3) is 22.8 Å². The van der Waals surface area contributed by atoms with Crippen LogP contribution < -0.4 is 0 Å². The van der Waals surface area contributed by atoms with Crippen LogP contribution in [0.15, 0.2) is 47.1 Å². The van der Waals surface area contributed by atoms with E-state index < -0.39 is 0 Å². The van der Waals surface area contributed by atoms with E-state index in [0.717, 1.165) is 16.7 Å². The van der Waals surface area contributed by atoms with E-state index in [1.807, 2.05) is 43.3 Å². The molecule has 0 unspecified atom stereocenters. The first kappa shape index (κ1) is 13.3. The van der Waals surface area contributed by atoms with Gasteiger partial charge in [0.25, 0.3) is 0 Å². The lowest BCUT2D eigenvalue weighted by molar-refractivity contribution is 0.588. The van der Waals surface area contributed by atoms with Crippen molar-refractivity contribution in [1.29, 1.82) is 5.26 Å². The SMILES string of the molecule is Cc1c(-c2cnc(-c3ccccc3)o2)cnc(C#N)c1Cl. The number of halogens is 1. The second-order valence-electron chi connectivity index (χ2n) is 4.47. The molecule has 4 nitrogen and oxygen atoms in total. The highest BCUT2D eigenvalue weighted by atomic mass is 35.5. The summed E-state index contributed by atoms with van der Waals surface area (Å²) in [6, 6.07) is 11.6. The average molecular weight is 296 g/mol. The van der Waals surface area contributed by atoms with Gasteiger partial charge in [-0.25, -0.2) is 9.97 Å². The molecule has 2 heterocycles. The van der Waals surface area contributed by atoms with Gasteiger partial charge in [-0.05, 0) is 24.6 Å². The number of hydrogen-bond acceptors (Lipinski definition) is 4. The van der Waals surface area contributed by atoms with Gasteiger partial charge in [-0.15, -0.1) is 0 Å². The van der Waals surface area contributed by atoms with E-state index in [0.29, 0.717) is 16.7 Å². The fraction of sp³-hybridized carbons (Fsp3) is 0.0625. The van der Waals surface area contributed by atoms with Gasteiger partial charge in [-0.3, -0.25) is 0 Å². The zero-order valence-electron chi connectivity index (χ0n) is 11.2. The third-order valence-corrected chi connectivity index (χ3v) is 3.62. The summed E-state index contributed by atoms with van der Waals surface area (Å²) in [4.78, 5) is 8.31. The smallest absolute Gasteiger partial charge is 0.226 e. The molecule has 0 bridgehead atoms.